The van der Waals surface area contributed by atoms with Gasteiger partial charge in [-0.05, 0) is 54.3 Å². The Morgan fingerprint density at radius 1 is 0.939 bits per heavy atom. The second-order valence-corrected chi connectivity index (χ2v) is 9.51. The minimum atomic E-state index is -4.63. The van der Waals surface area contributed by atoms with Gasteiger partial charge in [0.15, 0.2) is 0 Å². The van der Waals surface area contributed by atoms with E-state index >= 15 is 0 Å². The van der Waals surface area contributed by atoms with Gasteiger partial charge in [0.25, 0.3) is 15.9 Å². The highest BCUT2D eigenvalue weighted by Gasteiger charge is 2.30. The van der Waals surface area contributed by atoms with E-state index in [0.29, 0.717) is 12.5 Å². The molecule has 0 bridgehead atoms. The van der Waals surface area contributed by atoms with Gasteiger partial charge < -0.3 is 0 Å². The minimum absolute atomic E-state index is 0.0690. The second-order valence-electron chi connectivity index (χ2n) is 6.79. The first-order chi connectivity index (χ1) is 15.5. The number of carbonyl (C=O) groups excluding carboxylic acids is 2. The van der Waals surface area contributed by atoms with E-state index in [9.17, 15) is 31.2 Å². The minimum Gasteiger partial charge on any atom is -0.280 e. The van der Waals surface area contributed by atoms with Gasteiger partial charge in [-0.3, -0.25) is 25.2 Å². The molecule has 2 aromatic carbocycles. The largest absolute Gasteiger partial charge is 0.416 e. The van der Waals surface area contributed by atoms with E-state index < -0.39 is 33.6 Å². The van der Waals surface area contributed by atoms with Crippen molar-refractivity contribution in [3.05, 3.63) is 82.0 Å². The molecule has 0 saturated carbocycles. The molecular weight excluding hydrogens is 479 g/mol. The number of anilines is 1. The summed E-state index contributed by atoms with van der Waals surface area (Å²) >= 11 is 1.51. The Morgan fingerprint density at radius 2 is 1.70 bits per heavy atom. The van der Waals surface area contributed by atoms with Crippen LogP contribution >= 0.6 is 11.3 Å². The number of aryl methyl sites for hydroxylation is 1. The zero-order valence-corrected chi connectivity index (χ0v) is 18.5. The lowest BCUT2D eigenvalue weighted by atomic mass is 10.2. The predicted molar refractivity (Wildman–Crippen MR) is 117 cm³/mol. The van der Waals surface area contributed by atoms with Gasteiger partial charge in [0.05, 0.1) is 10.5 Å². The molecule has 0 atom stereocenters. The Bertz CT molecular complexity index is 1240. The first-order valence-corrected chi connectivity index (χ1v) is 11.8. The highest BCUT2D eigenvalue weighted by molar-refractivity contribution is 7.92. The average Bonchev–Trinajstić information content (AvgIpc) is 3.29. The van der Waals surface area contributed by atoms with Crippen molar-refractivity contribution >= 4 is 38.9 Å². The smallest absolute Gasteiger partial charge is 0.280 e. The zero-order valence-electron chi connectivity index (χ0n) is 16.8. The van der Waals surface area contributed by atoms with Crippen LogP contribution in [0.1, 0.15) is 27.2 Å². The highest BCUT2D eigenvalue weighted by Crippen LogP contribution is 2.31. The monoisotopic (exact) mass is 497 g/mol. The summed E-state index contributed by atoms with van der Waals surface area (Å²) in [6, 6.07) is 12.3. The zero-order chi connectivity index (χ0) is 24.1. The van der Waals surface area contributed by atoms with Gasteiger partial charge in [-0.1, -0.05) is 18.2 Å². The third-order valence-corrected chi connectivity index (χ3v) is 6.66. The Labute approximate surface area is 191 Å². The quantitative estimate of drug-likeness (QED) is 0.430. The molecule has 1 aromatic heterocycles. The molecule has 3 N–H and O–H groups in total. The summed E-state index contributed by atoms with van der Waals surface area (Å²) in [6.45, 7) is 0. The van der Waals surface area contributed by atoms with Crippen LogP contribution in [0.5, 0.6) is 0 Å². The lowest BCUT2D eigenvalue weighted by molar-refractivity contribution is -0.137. The fourth-order valence-electron chi connectivity index (χ4n) is 2.73. The standard InChI is InChI=1S/C21H18F3N3O4S2/c22-21(23,24)15-5-2-6-16(13-15)27-33(30,31)18-8-1-4-14(12-18)20(29)26-25-19(28)10-9-17-7-3-11-32-17/h1-8,11-13,27H,9-10H2,(H,25,28)(H,26,29). The number of rotatable bonds is 7. The van der Waals surface area contributed by atoms with Crippen LogP contribution < -0.4 is 15.6 Å². The van der Waals surface area contributed by atoms with E-state index in [1.54, 1.807) is 0 Å². The summed E-state index contributed by atoms with van der Waals surface area (Å²) < 4.78 is 65.9. The van der Waals surface area contributed by atoms with Crippen molar-refractivity contribution in [1.82, 2.24) is 10.9 Å². The van der Waals surface area contributed by atoms with Crippen molar-refractivity contribution in [2.45, 2.75) is 23.9 Å². The third kappa shape index (κ3) is 6.80. The maximum atomic E-state index is 12.9. The van der Waals surface area contributed by atoms with E-state index in [1.165, 1.54) is 35.6 Å². The molecule has 0 aliphatic heterocycles. The van der Waals surface area contributed by atoms with Crippen LogP contribution in [-0.2, 0) is 27.4 Å². The Morgan fingerprint density at radius 3 is 2.39 bits per heavy atom. The Hall–Kier alpha value is -3.38. The number of hydrogen-bond donors (Lipinski definition) is 3. The first-order valence-electron chi connectivity index (χ1n) is 9.46. The van der Waals surface area contributed by atoms with Crippen LogP contribution in [0, 0.1) is 0 Å². The van der Waals surface area contributed by atoms with Crippen molar-refractivity contribution in [3.63, 3.8) is 0 Å². The van der Waals surface area contributed by atoms with Crippen LogP contribution in [0.15, 0.2) is 70.9 Å². The van der Waals surface area contributed by atoms with Gasteiger partial charge in [-0.25, -0.2) is 8.42 Å². The lowest BCUT2D eigenvalue weighted by Crippen LogP contribution is -2.41. The number of alkyl halides is 3. The van der Waals surface area contributed by atoms with E-state index in [2.05, 4.69) is 15.6 Å². The van der Waals surface area contributed by atoms with Gasteiger partial charge in [0.2, 0.25) is 5.91 Å². The third-order valence-electron chi connectivity index (χ3n) is 4.34. The second kappa shape index (κ2) is 10.0. The van der Waals surface area contributed by atoms with Gasteiger partial charge >= 0.3 is 6.18 Å². The number of nitrogens with one attached hydrogen (secondary N) is 3. The highest BCUT2D eigenvalue weighted by atomic mass is 32.2. The van der Waals surface area contributed by atoms with Crippen LogP contribution in [-0.4, -0.2) is 20.2 Å². The molecular formula is C21H18F3N3O4S2. The molecule has 174 valence electrons. The summed E-state index contributed by atoms with van der Waals surface area (Å²) in [6.07, 6.45) is -3.97. The molecule has 3 aromatic rings. The SMILES string of the molecule is O=C(CCc1cccs1)NNC(=O)c1cccc(S(=O)(=O)Nc2cccc(C(F)(F)F)c2)c1. The van der Waals surface area contributed by atoms with Gasteiger partial charge in [-0.15, -0.1) is 11.3 Å². The number of amides is 2. The first kappa shape index (κ1) is 24.3. The molecule has 0 saturated heterocycles. The molecule has 2 amide bonds. The molecule has 33 heavy (non-hydrogen) atoms. The van der Waals surface area contributed by atoms with E-state index in [4.69, 9.17) is 0 Å². The maximum Gasteiger partial charge on any atom is 0.416 e. The topological polar surface area (TPSA) is 104 Å². The molecule has 7 nitrogen and oxygen atoms in total. The fourth-order valence-corrected chi connectivity index (χ4v) is 4.53. The number of benzene rings is 2. The molecule has 0 fully saturated rings. The lowest BCUT2D eigenvalue weighted by Gasteiger charge is -2.12. The van der Waals surface area contributed by atoms with Crippen LogP contribution in [0.3, 0.4) is 0 Å². The van der Waals surface area contributed by atoms with Crippen LogP contribution in [0.4, 0.5) is 18.9 Å². The van der Waals surface area contributed by atoms with Gasteiger partial charge in [0.1, 0.15) is 0 Å². The van der Waals surface area contributed by atoms with E-state index in [1.807, 2.05) is 17.5 Å². The summed E-state index contributed by atoms with van der Waals surface area (Å²) in [4.78, 5) is 24.9. The molecule has 0 spiro atoms. The van der Waals surface area contributed by atoms with Crippen LogP contribution in [0.25, 0.3) is 0 Å². The molecule has 0 aliphatic rings. The number of sulfonamides is 1. The Balaban J connectivity index is 1.64. The molecule has 12 heteroatoms. The molecule has 0 aliphatic carbocycles. The average molecular weight is 498 g/mol. The normalized spacial score (nSPS) is 11.6. The summed E-state index contributed by atoms with van der Waals surface area (Å²) in [5.74, 6) is -1.18. The Kier molecular flexibility index (Phi) is 7.39. The molecule has 0 unspecified atom stereocenters. The number of thiophene rings is 1. The summed E-state index contributed by atoms with van der Waals surface area (Å²) in [7, 11) is -4.28. The number of halogens is 3. The van der Waals surface area contributed by atoms with Crippen LogP contribution in [0.2, 0.25) is 0 Å². The summed E-state index contributed by atoms with van der Waals surface area (Å²) in [5, 5.41) is 1.89. The van der Waals surface area contributed by atoms with Crippen molar-refractivity contribution in [2.75, 3.05) is 4.72 Å². The molecule has 3 rings (SSSR count). The van der Waals surface area contributed by atoms with Gasteiger partial charge in [0, 0.05) is 22.5 Å². The van der Waals surface area contributed by atoms with Crippen molar-refractivity contribution in [2.24, 2.45) is 0 Å². The number of hydrazine groups is 1. The van der Waals surface area contributed by atoms with Crippen molar-refractivity contribution < 1.29 is 31.2 Å². The maximum absolute atomic E-state index is 12.9. The van der Waals surface area contributed by atoms with Gasteiger partial charge in [-0.2, -0.15) is 13.2 Å². The van der Waals surface area contributed by atoms with Crippen molar-refractivity contribution in [3.8, 4) is 0 Å². The summed E-state index contributed by atoms with van der Waals surface area (Å²) in [5.41, 5.74) is 3.10. The van der Waals surface area contributed by atoms with Crippen molar-refractivity contribution in [1.29, 1.82) is 0 Å². The fraction of sp³-hybridized carbons (Fsp3) is 0.143. The number of carbonyl (C=O) groups is 2. The number of hydrogen-bond acceptors (Lipinski definition) is 5. The van der Waals surface area contributed by atoms with E-state index in [-0.39, 0.29) is 22.6 Å². The molecule has 1 heterocycles. The molecule has 0 radical (unpaired) electrons. The van der Waals surface area contributed by atoms with E-state index in [0.717, 1.165) is 23.1 Å². The predicted octanol–water partition coefficient (Wildman–Crippen LogP) is 3.96.